The van der Waals surface area contributed by atoms with Gasteiger partial charge in [-0.15, -0.1) is 0 Å². The third-order valence-electron chi connectivity index (χ3n) is 2.96. The van der Waals surface area contributed by atoms with Gasteiger partial charge in [0.25, 0.3) is 0 Å². The van der Waals surface area contributed by atoms with Crippen molar-refractivity contribution in [3.05, 3.63) is 28.2 Å². The number of halogens is 1. The van der Waals surface area contributed by atoms with Crippen molar-refractivity contribution in [3.8, 4) is 5.75 Å². The van der Waals surface area contributed by atoms with Crippen molar-refractivity contribution in [3.63, 3.8) is 0 Å². The van der Waals surface area contributed by atoms with E-state index in [4.69, 9.17) is 4.74 Å². The van der Waals surface area contributed by atoms with E-state index in [1.54, 1.807) is 0 Å². The Kier molecular flexibility index (Phi) is 1.95. The van der Waals surface area contributed by atoms with Gasteiger partial charge in [0, 0.05) is 16.5 Å². The maximum atomic E-state index is 11.5. The fraction of sp³-hybridized carbons (Fsp3) is 0.364. The number of benzene rings is 1. The van der Waals surface area contributed by atoms with Crippen molar-refractivity contribution in [1.29, 1.82) is 0 Å². The highest BCUT2D eigenvalue weighted by molar-refractivity contribution is 9.10. The molecule has 3 rings (SSSR count). The zero-order chi connectivity index (χ0) is 11.3. The van der Waals surface area contributed by atoms with Gasteiger partial charge < -0.3 is 15.4 Å². The van der Waals surface area contributed by atoms with E-state index in [1.807, 2.05) is 25.1 Å². The molecule has 0 aliphatic carbocycles. The second kappa shape index (κ2) is 3.13. The van der Waals surface area contributed by atoms with Crippen LogP contribution in [0.3, 0.4) is 0 Å². The van der Waals surface area contributed by atoms with E-state index in [2.05, 4.69) is 26.6 Å². The first kappa shape index (κ1) is 9.96. The molecule has 1 aromatic rings. The molecular formula is C11H11BrN2O2. The molecule has 2 aliphatic rings. The first-order valence-electron chi connectivity index (χ1n) is 5.13. The maximum Gasteiger partial charge on any atom is 0.318 e. The second-order valence-electron chi connectivity index (χ2n) is 4.37. The number of carbonyl (C=O) groups is 1. The molecule has 0 aromatic heterocycles. The van der Waals surface area contributed by atoms with Crippen LogP contribution in [-0.2, 0) is 0 Å². The van der Waals surface area contributed by atoms with Crippen molar-refractivity contribution < 1.29 is 9.53 Å². The van der Waals surface area contributed by atoms with Gasteiger partial charge in [0.2, 0.25) is 0 Å². The molecule has 5 heteroatoms. The van der Waals surface area contributed by atoms with Crippen molar-refractivity contribution in [1.82, 2.24) is 10.6 Å². The molecule has 2 N–H and O–H groups in total. The number of hydrogen-bond acceptors (Lipinski definition) is 2. The summed E-state index contributed by atoms with van der Waals surface area (Å²) >= 11 is 3.42. The number of fused-ring (bicyclic) bond motifs is 4. The van der Waals surface area contributed by atoms with Crippen LogP contribution in [0.4, 0.5) is 4.79 Å². The van der Waals surface area contributed by atoms with Crippen molar-refractivity contribution in [2.24, 2.45) is 0 Å². The molecule has 84 valence electrons. The number of nitrogens with one attached hydrogen (secondary N) is 2. The molecule has 16 heavy (non-hydrogen) atoms. The summed E-state index contributed by atoms with van der Waals surface area (Å²) in [4.78, 5) is 11.5. The highest BCUT2D eigenvalue weighted by atomic mass is 79.9. The Morgan fingerprint density at radius 2 is 2.38 bits per heavy atom. The van der Waals surface area contributed by atoms with E-state index in [0.717, 1.165) is 22.2 Å². The summed E-state index contributed by atoms with van der Waals surface area (Å²) < 4.78 is 6.81. The van der Waals surface area contributed by atoms with Crippen LogP contribution in [-0.4, -0.2) is 11.8 Å². The Morgan fingerprint density at radius 1 is 1.56 bits per heavy atom. The summed E-state index contributed by atoms with van der Waals surface area (Å²) in [6.45, 7) is 1.89. The molecule has 4 nitrogen and oxygen atoms in total. The standard InChI is InChI=1S/C11H11BrN2O2/c1-11-5-8(13-10(15)14-11)7-4-6(12)2-3-9(7)16-11/h2-4,8H,5H2,1H3,(H2,13,14,15)/t8-,11-/m1/s1. The molecule has 1 aromatic carbocycles. The van der Waals surface area contributed by atoms with Gasteiger partial charge in [-0.2, -0.15) is 0 Å². The van der Waals surface area contributed by atoms with Crippen molar-refractivity contribution >= 4 is 22.0 Å². The average molecular weight is 283 g/mol. The van der Waals surface area contributed by atoms with Crippen LogP contribution in [0, 0.1) is 0 Å². The number of urea groups is 1. The van der Waals surface area contributed by atoms with Crippen LogP contribution in [0.5, 0.6) is 5.75 Å². The van der Waals surface area contributed by atoms with Crippen LogP contribution < -0.4 is 15.4 Å². The monoisotopic (exact) mass is 282 g/mol. The third kappa shape index (κ3) is 1.46. The lowest BCUT2D eigenvalue weighted by atomic mass is 9.92. The molecule has 1 saturated heterocycles. The molecule has 2 heterocycles. The van der Waals surface area contributed by atoms with Crippen molar-refractivity contribution in [2.75, 3.05) is 0 Å². The Labute approximate surface area is 101 Å². The lowest BCUT2D eigenvalue weighted by Gasteiger charge is -2.44. The van der Waals surface area contributed by atoms with E-state index in [1.165, 1.54) is 0 Å². The van der Waals surface area contributed by atoms with Crippen molar-refractivity contribution in [2.45, 2.75) is 25.1 Å². The molecule has 2 aliphatic heterocycles. The maximum absolute atomic E-state index is 11.5. The fourth-order valence-corrected chi connectivity index (χ4v) is 2.69. The van der Waals surface area contributed by atoms with E-state index >= 15 is 0 Å². The Bertz CT molecular complexity index is 477. The predicted molar refractivity (Wildman–Crippen MR) is 62.2 cm³/mol. The van der Waals surface area contributed by atoms with Gasteiger partial charge in [0.05, 0.1) is 6.04 Å². The average Bonchev–Trinajstić information content (AvgIpc) is 2.17. The molecule has 0 saturated carbocycles. The summed E-state index contributed by atoms with van der Waals surface area (Å²) in [7, 11) is 0. The van der Waals surface area contributed by atoms with Crippen LogP contribution >= 0.6 is 15.9 Å². The van der Waals surface area contributed by atoms with E-state index in [0.29, 0.717) is 0 Å². The van der Waals surface area contributed by atoms with Crippen LogP contribution in [0.1, 0.15) is 24.9 Å². The third-order valence-corrected chi connectivity index (χ3v) is 3.45. The first-order valence-corrected chi connectivity index (χ1v) is 5.92. The largest absolute Gasteiger partial charge is 0.468 e. The van der Waals surface area contributed by atoms with Gasteiger partial charge in [0.1, 0.15) is 5.75 Å². The Hall–Kier alpha value is -1.23. The minimum Gasteiger partial charge on any atom is -0.468 e. The van der Waals surface area contributed by atoms with Crippen LogP contribution in [0.2, 0.25) is 0 Å². The summed E-state index contributed by atoms with van der Waals surface area (Å²) in [5.74, 6) is 0.828. The molecule has 0 spiro atoms. The Balaban J connectivity index is 2.10. The fourth-order valence-electron chi connectivity index (χ4n) is 2.31. The number of ether oxygens (including phenoxy) is 1. The van der Waals surface area contributed by atoms with Gasteiger partial charge in [0.15, 0.2) is 5.72 Å². The van der Waals surface area contributed by atoms with E-state index in [9.17, 15) is 4.79 Å². The lowest BCUT2D eigenvalue weighted by Crippen LogP contribution is -2.62. The quantitative estimate of drug-likeness (QED) is 0.767. The van der Waals surface area contributed by atoms with Gasteiger partial charge in [-0.1, -0.05) is 15.9 Å². The molecule has 1 fully saturated rings. The van der Waals surface area contributed by atoms with E-state index < -0.39 is 5.72 Å². The molecule has 0 radical (unpaired) electrons. The van der Waals surface area contributed by atoms with E-state index in [-0.39, 0.29) is 12.1 Å². The summed E-state index contributed by atoms with van der Waals surface area (Å²) in [6, 6.07) is 5.70. The highest BCUT2D eigenvalue weighted by Gasteiger charge is 2.43. The Morgan fingerprint density at radius 3 is 3.19 bits per heavy atom. The summed E-state index contributed by atoms with van der Waals surface area (Å²) in [5.41, 5.74) is 0.440. The van der Waals surface area contributed by atoms with Gasteiger partial charge in [-0.3, -0.25) is 0 Å². The number of hydrogen-bond donors (Lipinski definition) is 2. The van der Waals surface area contributed by atoms with Gasteiger partial charge >= 0.3 is 6.03 Å². The smallest absolute Gasteiger partial charge is 0.318 e. The molecular weight excluding hydrogens is 272 g/mol. The second-order valence-corrected chi connectivity index (χ2v) is 5.29. The minimum absolute atomic E-state index is 0.0278. The first-order chi connectivity index (χ1) is 7.56. The molecule has 0 unspecified atom stereocenters. The highest BCUT2D eigenvalue weighted by Crippen LogP contribution is 2.41. The van der Waals surface area contributed by atoms with Crippen LogP contribution in [0.25, 0.3) is 0 Å². The topological polar surface area (TPSA) is 50.4 Å². The predicted octanol–water partition coefficient (Wildman–Crippen LogP) is 2.30. The van der Waals surface area contributed by atoms with Gasteiger partial charge in [-0.25, -0.2) is 4.79 Å². The molecule has 2 amide bonds. The zero-order valence-electron chi connectivity index (χ0n) is 8.71. The number of rotatable bonds is 0. The molecule has 2 bridgehead atoms. The number of carbonyl (C=O) groups excluding carboxylic acids is 1. The van der Waals surface area contributed by atoms with Gasteiger partial charge in [-0.05, 0) is 25.1 Å². The lowest BCUT2D eigenvalue weighted by molar-refractivity contribution is 0.0119. The van der Waals surface area contributed by atoms with Crippen LogP contribution in [0.15, 0.2) is 22.7 Å². The zero-order valence-corrected chi connectivity index (χ0v) is 10.3. The number of amides is 2. The molecule has 2 atom stereocenters. The normalized spacial score (nSPS) is 30.9. The SMILES string of the molecule is C[C@@]12C[C@@H](NC(=O)N1)c1cc(Br)ccc1O2. The summed E-state index contributed by atoms with van der Waals surface area (Å²) in [6.07, 6.45) is 0.738. The summed E-state index contributed by atoms with van der Waals surface area (Å²) in [5, 5.41) is 5.70. The minimum atomic E-state index is -0.589.